The van der Waals surface area contributed by atoms with Gasteiger partial charge in [0.1, 0.15) is 5.75 Å². The Labute approximate surface area is 152 Å². The Morgan fingerprint density at radius 3 is 2.69 bits per heavy atom. The Balaban J connectivity index is 1.57. The highest BCUT2D eigenvalue weighted by atomic mass is 16.5. The molecule has 2 aromatic carbocycles. The average molecular weight is 351 g/mol. The van der Waals surface area contributed by atoms with Crippen LogP contribution in [0, 0.1) is 13.8 Å². The minimum atomic E-state index is -0.632. The van der Waals surface area contributed by atoms with Gasteiger partial charge in [0.05, 0.1) is 6.54 Å². The predicted octanol–water partition coefficient (Wildman–Crippen LogP) is 3.44. The van der Waals surface area contributed by atoms with E-state index in [-0.39, 0.29) is 12.5 Å². The number of benzene rings is 2. The Bertz CT molecular complexity index is 890. The molecule has 3 aromatic rings. The van der Waals surface area contributed by atoms with Gasteiger partial charge in [-0.1, -0.05) is 47.6 Å². The number of hydrogen-bond donors (Lipinski definition) is 1. The molecule has 1 aromatic heterocycles. The van der Waals surface area contributed by atoms with E-state index in [1.165, 1.54) is 0 Å². The zero-order valence-corrected chi connectivity index (χ0v) is 15.0. The van der Waals surface area contributed by atoms with Crippen molar-refractivity contribution in [1.29, 1.82) is 0 Å². The summed E-state index contributed by atoms with van der Waals surface area (Å²) in [5.41, 5.74) is 3.01. The van der Waals surface area contributed by atoms with Crippen LogP contribution in [0.4, 0.5) is 0 Å². The molecular formula is C20H21N3O3. The lowest BCUT2D eigenvalue weighted by molar-refractivity contribution is -0.127. The molecule has 0 saturated carbocycles. The topological polar surface area (TPSA) is 77.2 Å². The molecule has 134 valence electrons. The fourth-order valence-corrected chi connectivity index (χ4v) is 2.43. The van der Waals surface area contributed by atoms with Crippen LogP contribution in [0.3, 0.4) is 0 Å². The van der Waals surface area contributed by atoms with Crippen molar-refractivity contribution in [1.82, 2.24) is 15.5 Å². The molecule has 1 atom stereocenters. The Kier molecular flexibility index (Phi) is 5.31. The van der Waals surface area contributed by atoms with E-state index in [2.05, 4.69) is 15.5 Å². The van der Waals surface area contributed by atoms with Crippen LogP contribution >= 0.6 is 0 Å². The third kappa shape index (κ3) is 4.08. The zero-order valence-electron chi connectivity index (χ0n) is 15.0. The Morgan fingerprint density at radius 2 is 1.92 bits per heavy atom. The maximum atomic E-state index is 12.3. The largest absolute Gasteiger partial charge is 0.481 e. The van der Waals surface area contributed by atoms with Gasteiger partial charge in [-0.15, -0.1) is 0 Å². The summed E-state index contributed by atoms with van der Waals surface area (Å²) in [5.74, 6) is 1.30. The molecule has 1 heterocycles. The minimum Gasteiger partial charge on any atom is -0.481 e. The standard InChI is InChI=1S/C20H21N3O3/c1-13-8-7-11-17(14(13)2)25-15(3)20(24)21-12-18-22-19(23-26-18)16-9-5-4-6-10-16/h4-11,15H,12H2,1-3H3,(H,21,24). The first-order valence-electron chi connectivity index (χ1n) is 8.43. The first-order valence-corrected chi connectivity index (χ1v) is 8.43. The fourth-order valence-electron chi connectivity index (χ4n) is 2.43. The normalized spacial score (nSPS) is 11.8. The number of hydrogen-bond acceptors (Lipinski definition) is 5. The summed E-state index contributed by atoms with van der Waals surface area (Å²) in [6.07, 6.45) is -0.632. The van der Waals surface area contributed by atoms with Crippen molar-refractivity contribution in [3.8, 4) is 17.1 Å². The second kappa shape index (κ2) is 7.82. The number of amides is 1. The number of carbonyl (C=O) groups is 1. The number of aromatic nitrogens is 2. The lowest BCUT2D eigenvalue weighted by Crippen LogP contribution is -2.36. The molecule has 0 aliphatic carbocycles. The van der Waals surface area contributed by atoms with E-state index >= 15 is 0 Å². The summed E-state index contributed by atoms with van der Waals surface area (Å²) < 4.78 is 11.0. The first kappa shape index (κ1) is 17.7. The molecule has 0 spiro atoms. The van der Waals surface area contributed by atoms with Crippen LogP contribution in [0.15, 0.2) is 53.1 Å². The second-order valence-electron chi connectivity index (χ2n) is 6.05. The minimum absolute atomic E-state index is 0.152. The fraction of sp³-hybridized carbons (Fsp3) is 0.250. The molecule has 1 unspecified atom stereocenters. The van der Waals surface area contributed by atoms with Crippen LogP contribution in [0.5, 0.6) is 5.75 Å². The van der Waals surface area contributed by atoms with Gasteiger partial charge in [0.2, 0.25) is 11.7 Å². The van der Waals surface area contributed by atoms with E-state index in [1.807, 2.05) is 62.4 Å². The molecule has 0 aliphatic rings. The number of ether oxygens (including phenoxy) is 1. The van der Waals surface area contributed by atoms with E-state index in [0.717, 1.165) is 16.7 Å². The molecule has 1 amide bonds. The van der Waals surface area contributed by atoms with Gasteiger partial charge in [0.25, 0.3) is 5.91 Å². The lowest BCUT2D eigenvalue weighted by Gasteiger charge is -2.16. The first-order chi connectivity index (χ1) is 12.5. The van der Waals surface area contributed by atoms with E-state index < -0.39 is 6.10 Å². The summed E-state index contributed by atoms with van der Waals surface area (Å²) in [4.78, 5) is 16.6. The highest BCUT2D eigenvalue weighted by Crippen LogP contribution is 2.21. The Hall–Kier alpha value is -3.15. The van der Waals surface area contributed by atoms with Crippen LogP contribution in [0.25, 0.3) is 11.4 Å². The van der Waals surface area contributed by atoms with Gasteiger partial charge in [-0.25, -0.2) is 0 Å². The average Bonchev–Trinajstić information content (AvgIpc) is 3.13. The quantitative estimate of drug-likeness (QED) is 0.736. The summed E-state index contributed by atoms with van der Waals surface area (Å²) in [6.45, 7) is 5.84. The van der Waals surface area contributed by atoms with Gasteiger partial charge in [0, 0.05) is 5.56 Å². The van der Waals surface area contributed by atoms with Crippen LogP contribution in [-0.4, -0.2) is 22.2 Å². The third-order valence-corrected chi connectivity index (χ3v) is 4.14. The van der Waals surface area contributed by atoms with Gasteiger partial charge >= 0.3 is 0 Å². The van der Waals surface area contributed by atoms with Gasteiger partial charge in [0.15, 0.2) is 6.10 Å². The highest BCUT2D eigenvalue weighted by Gasteiger charge is 2.17. The van der Waals surface area contributed by atoms with Crippen LogP contribution in [-0.2, 0) is 11.3 Å². The molecule has 26 heavy (non-hydrogen) atoms. The van der Waals surface area contributed by atoms with Crippen molar-refractivity contribution in [2.45, 2.75) is 33.4 Å². The van der Waals surface area contributed by atoms with Crippen molar-refractivity contribution in [2.24, 2.45) is 0 Å². The van der Waals surface area contributed by atoms with Gasteiger partial charge in [-0.3, -0.25) is 4.79 Å². The maximum Gasteiger partial charge on any atom is 0.261 e. The number of nitrogens with one attached hydrogen (secondary N) is 1. The maximum absolute atomic E-state index is 12.3. The van der Waals surface area contributed by atoms with Crippen LogP contribution in [0.2, 0.25) is 0 Å². The second-order valence-corrected chi connectivity index (χ2v) is 6.05. The smallest absolute Gasteiger partial charge is 0.261 e. The third-order valence-electron chi connectivity index (χ3n) is 4.14. The molecule has 1 N–H and O–H groups in total. The summed E-state index contributed by atoms with van der Waals surface area (Å²) in [5, 5.41) is 6.69. The molecule has 0 aliphatic heterocycles. The van der Waals surface area contributed by atoms with Crippen molar-refractivity contribution < 1.29 is 14.1 Å². The van der Waals surface area contributed by atoms with Crippen molar-refractivity contribution in [3.05, 3.63) is 65.5 Å². The molecule has 0 radical (unpaired) electrons. The molecular weight excluding hydrogens is 330 g/mol. The van der Waals surface area contributed by atoms with Crippen molar-refractivity contribution in [3.63, 3.8) is 0 Å². The number of nitrogens with zero attached hydrogens (tertiary/aromatic N) is 2. The number of carbonyl (C=O) groups excluding carboxylic acids is 1. The van der Waals surface area contributed by atoms with Crippen LogP contribution < -0.4 is 10.1 Å². The number of rotatable bonds is 6. The van der Waals surface area contributed by atoms with Crippen molar-refractivity contribution >= 4 is 5.91 Å². The van der Waals surface area contributed by atoms with E-state index in [0.29, 0.717) is 17.5 Å². The molecule has 3 rings (SSSR count). The highest BCUT2D eigenvalue weighted by molar-refractivity contribution is 5.80. The molecule has 0 fully saturated rings. The molecule has 0 bridgehead atoms. The van der Waals surface area contributed by atoms with Crippen LogP contribution in [0.1, 0.15) is 23.9 Å². The Morgan fingerprint density at radius 1 is 1.15 bits per heavy atom. The predicted molar refractivity (Wildman–Crippen MR) is 97.6 cm³/mol. The summed E-state index contributed by atoms with van der Waals surface area (Å²) in [7, 11) is 0. The van der Waals surface area contributed by atoms with Gasteiger partial charge < -0.3 is 14.6 Å². The monoisotopic (exact) mass is 351 g/mol. The van der Waals surface area contributed by atoms with Gasteiger partial charge in [-0.2, -0.15) is 4.98 Å². The summed E-state index contributed by atoms with van der Waals surface area (Å²) in [6, 6.07) is 15.3. The van der Waals surface area contributed by atoms with Gasteiger partial charge in [-0.05, 0) is 38.0 Å². The molecule has 6 nitrogen and oxygen atoms in total. The van der Waals surface area contributed by atoms with E-state index in [1.54, 1.807) is 6.92 Å². The van der Waals surface area contributed by atoms with E-state index in [4.69, 9.17) is 9.26 Å². The zero-order chi connectivity index (χ0) is 18.5. The SMILES string of the molecule is Cc1cccc(OC(C)C(=O)NCc2nc(-c3ccccc3)no2)c1C. The lowest BCUT2D eigenvalue weighted by atomic mass is 10.1. The molecule has 0 saturated heterocycles. The van der Waals surface area contributed by atoms with E-state index in [9.17, 15) is 4.79 Å². The van der Waals surface area contributed by atoms with Crippen molar-refractivity contribution in [2.75, 3.05) is 0 Å². The molecule has 6 heteroatoms. The number of aryl methyl sites for hydroxylation is 1. The summed E-state index contributed by atoms with van der Waals surface area (Å²) >= 11 is 0.